The van der Waals surface area contributed by atoms with Gasteiger partial charge in [-0.25, -0.2) is 4.39 Å². The van der Waals surface area contributed by atoms with Crippen molar-refractivity contribution in [3.63, 3.8) is 0 Å². The average Bonchev–Trinajstić information content (AvgIpc) is 2.97. The molecule has 0 radical (unpaired) electrons. The molecule has 0 saturated carbocycles. The maximum atomic E-state index is 13.2. The van der Waals surface area contributed by atoms with E-state index >= 15 is 0 Å². The smallest absolute Gasteiger partial charge is 0.272 e. The van der Waals surface area contributed by atoms with Crippen LogP contribution in [0.3, 0.4) is 0 Å². The molecule has 194 valence electrons. The normalized spacial score (nSPS) is 11.2. The number of benzene rings is 4. The number of carbonyl (C=O) groups is 3. The molecular formula is C32H25FN2O4. The van der Waals surface area contributed by atoms with Crippen LogP contribution in [0.5, 0.6) is 5.75 Å². The summed E-state index contributed by atoms with van der Waals surface area (Å²) in [4.78, 5) is 38.6. The molecule has 2 N–H and O–H groups in total. The van der Waals surface area contributed by atoms with Crippen LogP contribution >= 0.6 is 0 Å². The Labute approximate surface area is 225 Å². The molecule has 0 unspecified atom stereocenters. The number of ketones is 1. The van der Waals surface area contributed by atoms with E-state index in [0.29, 0.717) is 33.7 Å². The molecule has 0 aliphatic rings. The van der Waals surface area contributed by atoms with Gasteiger partial charge < -0.3 is 15.4 Å². The molecule has 0 fully saturated rings. The van der Waals surface area contributed by atoms with Gasteiger partial charge in [0.25, 0.3) is 11.8 Å². The largest absolute Gasteiger partial charge is 0.496 e. The molecule has 0 aromatic heterocycles. The van der Waals surface area contributed by atoms with Gasteiger partial charge in [0.15, 0.2) is 5.78 Å². The van der Waals surface area contributed by atoms with Crippen LogP contribution in [-0.4, -0.2) is 24.7 Å². The van der Waals surface area contributed by atoms with Crippen molar-refractivity contribution in [1.82, 2.24) is 5.32 Å². The highest BCUT2D eigenvalue weighted by Crippen LogP contribution is 2.21. The van der Waals surface area contributed by atoms with Crippen LogP contribution in [0.2, 0.25) is 0 Å². The fourth-order valence-electron chi connectivity index (χ4n) is 3.64. The summed E-state index contributed by atoms with van der Waals surface area (Å²) in [5, 5.41) is 5.44. The lowest BCUT2D eigenvalue weighted by Gasteiger charge is -2.12. The molecule has 0 spiro atoms. The minimum atomic E-state index is -0.555. The van der Waals surface area contributed by atoms with E-state index in [2.05, 4.69) is 10.6 Å². The summed E-state index contributed by atoms with van der Waals surface area (Å²) in [6.45, 7) is 0. The van der Waals surface area contributed by atoms with Crippen molar-refractivity contribution in [3.8, 4) is 5.75 Å². The lowest BCUT2D eigenvalue weighted by atomic mass is 10.1. The van der Waals surface area contributed by atoms with E-state index in [4.69, 9.17) is 4.74 Å². The van der Waals surface area contributed by atoms with Crippen LogP contribution in [-0.2, 0) is 4.79 Å². The molecule has 0 aliphatic carbocycles. The van der Waals surface area contributed by atoms with Crippen molar-refractivity contribution < 1.29 is 23.5 Å². The summed E-state index contributed by atoms with van der Waals surface area (Å²) in [6, 6.07) is 27.8. The number of rotatable bonds is 9. The number of allylic oxidation sites excluding steroid dienone is 1. The minimum absolute atomic E-state index is 0.00994. The fourth-order valence-corrected chi connectivity index (χ4v) is 3.64. The number of nitrogens with one attached hydrogen (secondary N) is 2. The van der Waals surface area contributed by atoms with Crippen LogP contribution in [0.4, 0.5) is 10.1 Å². The summed E-state index contributed by atoms with van der Waals surface area (Å²) in [5.41, 5.74) is 2.55. The third kappa shape index (κ3) is 7.36. The third-order valence-corrected chi connectivity index (χ3v) is 5.69. The first-order valence-electron chi connectivity index (χ1n) is 12.0. The van der Waals surface area contributed by atoms with Crippen LogP contribution in [0, 0.1) is 5.82 Å². The third-order valence-electron chi connectivity index (χ3n) is 5.69. The molecule has 4 rings (SSSR count). The molecule has 0 saturated heterocycles. The molecule has 0 atom stereocenters. The Hall–Kier alpha value is -5.30. The second kappa shape index (κ2) is 12.8. The molecule has 0 heterocycles. The zero-order chi connectivity index (χ0) is 27.6. The highest BCUT2D eigenvalue weighted by molar-refractivity contribution is 6.11. The number of anilines is 1. The SMILES string of the molecule is COc1ccccc1/C=C(\NC(=O)c1ccccc1)C(=O)Nc1ccc(C(=O)/C=C/c2ccc(F)cc2)cc1. The Morgan fingerprint density at radius 1 is 0.769 bits per heavy atom. The van der Waals surface area contributed by atoms with Crippen molar-refractivity contribution >= 4 is 35.4 Å². The van der Waals surface area contributed by atoms with Gasteiger partial charge in [0, 0.05) is 22.4 Å². The quantitative estimate of drug-likeness (QED) is 0.205. The lowest BCUT2D eigenvalue weighted by Crippen LogP contribution is -2.30. The molecule has 6 nitrogen and oxygen atoms in total. The Kier molecular flexibility index (Phi) is 8.77. The summed E-state index contributed by atoms with van der Waals surface area (Å²) in [7, 11) is 1.52. The monoisotopic (exact) mass is 520 g/mol. The summed E-state index contributed by atoms with van der Waals surface area (Å²) in [5.74, 6) is -1.06. The summed E-state index contributed by atoms with van der Waals surface area (Å²) < 4.78 is 18.4. The molecule has 39 heavy (non-hydrogen) atoms. The Balaban J connectivity index is 1.51. The molecular weight excluding hydrogens is 495 g/mol. The first kappa shape index (κ1) is 26.8. The maximum absolute atomic E-state index is 13.2. The molecule has 7 heteroatoms. The number of carbonyl (C=O) groups excluding carboxylic acids is 3. The average molecular weight is 521 g/mol. The number of para-hydroxylation sites is 1. The van der Waals surface area contributed by atoms with Gasteiger partial charge in [-0.05, 0) is 72.3 Å². The van der Waals surface area contributed by atoms with Crippen molar-refractivity contribution in [2.75, 3.05) is 12.4 Å². The molecule has 2 amide bonds. The Bertz CT molecular complexity index is 1530. The fraction of sp³-hybridized carbons (Fsp3) is 0.0312. The summed E-state index contributed by atoms with van der Waals surface area (Å²) in [6.07, 6.45) is 4.53. The van der Waals surface area contributed by atoms with Crippen molar-refractivity contribution in [3.05, 3.63) is 143 Å². The predicted molar refractivity (Wildman–Crippen MR) is 150 cm³/mol. The van der Waals surface area contributed by atoms with Crippen molar-refractivity contribution in [1.29, 1.82) is 0 Å². The van der Waals surface area contributed by atoms with Gasteiger partial charge in [-0.15, -0.1) is 0 Å². The number of methoxy groups -OCH3 is 1. The first-order valence-corrected chi connectivity index (χ1v) is 12.0. The van der Waals surface area contributed by atoms with E-state index in [1.165, 1.54) is 31.4 Å². The predicted octanol–water partition coefficient (Wildman–Crippen LogP) is 6.14. The van der Waals surface area contributed by atoms with E-state index in [1.54, 1.807) is 97.1 Å². The molecule has 0 aliphatic heterocycles. The number of hydrogen-bond acceptors (Lipinski definition) is 4. The standard InChI is InChI=1S/C32H25FN2O4/c1-39-30-10-6-5-9-25(30)21-28(35-31(37)24-7-3-2-4-8-24)32(38)34-27-18-14-23(15-19-27)29(36)20-13-22-11-16-26(33)17-12-22/h2-21H,1H3,(H,34,38)(H,35,37)/b20-13+,28-21-. The zero-order valence-corrected chi connectivity index (χ0v) is 21.1. The second-order valence-corrected chi connectivity index (χ2v) is 8.40. The van der Waals surface area contributed by atoms with Gasteiger partial charge in [0.05, 0.1) is 7.11 Å². The van der Waals surface area contributed by atoms with Gasteiger partial charge in [0.2, 0.25) is 0 Å². The minimum Gasteiger partial charge on any atom is -0.496 e. The van der Waals surface area contributed by atoms with Crippen molar-refractivity contribution in [2.45, 2.75) is 0 Å². The van der Waals surface area contributed by atoms with Crippen LogP contribution < -0.4 is 15.4 Å². The maximum Gasteiger partial charge on any atom is 0.272 e. The van der Waals surface area contributed by atoms with Gasteiger partial charge in [-0.3, -0.25) is 14.4 Å². The lowest BCUT2D eigenvalue weighted by molar-refractivity contribution is -0.113. The van der Waals surface area contributed by atoms with Gasteiger partial charge in [-0.1, -0.05) is 54.6 Å². The van der Waals surface area contributed by atoms with E-state index in [0.717, 1.165) is 0 Å². The topological polar surface area (TPSA) is 84.5 Å². The number of amides is 2. The first-order chi connectivity index (χ1) is 18.9. The molecule has 0 bridgehead atoms. The van der Waals surface area contributed by atoms with Crippen LogP contribution in [0.1, 0.15) is 31.8 Å². The van der Waals surface area contributed by atoms with Crippen LogP contribution in [0.25, 0.3) is 12.2 Å². The van der Waals surface area contributed by atoms with Crippen molar-refractivity contribution in [2.24, 2.45) is 0 Å². The van der Waals surface area contributed by atoms with E-state index in [1.807, 2.05) is 0 Å². The highest BCUT2D eigenvalue weighted by Gasteiger charge is 2.16. The van der Waals surface area contributed by atoms with Gasteiger partial charge >= 0.3 is 0 Å². The Morgan fingerprint density at radius 3 is 2.13 bits per heavy atom. The van der Waals surface area contributed by atoms with Gasteiger partial charge in [-0.2, -0.15) is 0 Å². The van der Waals surface area contributed by atoms with E-state index in [-0.39, 0.29) is 17.3 Å². The number of halogens is 1. The van der Waals surface area contributed by atoms with Gasteiger partial charge in [0.1, 0.15) is 17.3 Å². The second-order valence-electron chi connectivity index (χ2n) is 8.40. The highest BCUT2D eigenvalue weighted by atomic mass is 19.1. The Morgan fingerprint density at radius 2 is 1.44 bits per heavy atom. The molecule has 4 aromatic carbocycles. The van der Waals surface area contributed by atoms with Crippen LogP contribution in [0.15, 0.2) is 115 Å². The number of hydrogen-bond donors (Lipinski definition) is 2. The number of ether oxygens (including phenoxy) is 1. The summed E-state index contributed by atoms with van der Waals surface area (Å²) >= 11 is 0. The van der Waals surface area contributed by atoms with E-state index in [9.17, 15) is 18.8 Å². The zero-order valence-electron chi connectivity index (χ0n) is 21.1. The van der Waals surface area contributed by atoms with E-state index < -0.39 is 11.8 Å². The molecule has 4 aromatic rings.